The predicted octanol–water partition coefficient (Wildman–Crippen LogP) is 5.50. The molecule has 19 heavy (non-hydrogen) atoms. The molecule has 0 N–H and O–H groups in total. The van der Waals surface area contributed by atoms with Crippen molar-refractivity contribution in [2.75, 3.05) is 6.61 Å². The van der Waals surface area contributed by atoms with Crippen molar-refractivity contribution >= 4 is 5.97 Å². The molecule has 0 rings (SSSR count). The van der Waals surface area contributed by atoms with Crippen LogP contribution in [0, 0.1) is 5.92 Å². The van der Waals surface area contributed by atoms with Gasteiger partial charge in [0.1, 0.15) is 0 Å². The maximum atomic E-state index is 11.8. The van der Waals surface area contributed by atoms with Gasteiger partial charge in [0.25, 0.3) is 0 Å². The Morgan fingerprint density at radius 3 is 2.00 bits per heavy atom. The van der Waals surface area contributed by atoms with Crippen molar-refractivity contribution in [1.29, 1.82) is 0 Å². The van der Waals surface area contributed by atoms with Gasteiger partial charge in [-0.1, -0.05) is 72.1 Å². The van der Waals surface area contributed by atoms with Crippen LogP contribution in [0.15, 0.2) is 0 Å². The number of unbranched alkanes of at least 4 members (excludes halogenated alkanes) is 7. The van der Waals surface area contributed by atoms with Gasteiger partial charge in [-0.25, -0.2) is 0 Å². The summed E-state index contributed by atoms with van der Waals surface area (Å²) in [5, 5.41) is 0. The summed E-state index contributed by atoms with van der Waals surface area (Å²) < 4.78 is 5.38. The van der Waals surface area contributed by atoms with Crippen LogP contribution in [0.5, 0.6) is 0 Å². The Kier molecular flexibility index (Phi) is 13.5. The summed E-state index contributed by atoms with van der Waals surface area (Å²) in [6, 6.07) is 0. The Morgan fingerprint density at radius 1 is 0.842 bits per heavy atom. The molecule has 0 aliphatic carbocycles. The van der Waals surface area contributed by atoms with E-state index in [1.54, 1.807) is 0 Å². The zero-order valence-corrected chi connectivity index (χ0v) is 13.4. The summed E-state index contributed by atoms with van der Waals surface area (Å²) in [5.41, 5.74) is 0. The lowest BCUT2D eigenvalue weighted by Gasteiger charge is -2.13. The third-order valence-electron chi connectivity index (χ3n) is 3.72. The number of hydrogen-bond acceptors (Lipinski definition) is 2. The monoisotopic (exact) mass is 270 g/mol. The molecule has 0 radical (unpaired) electrons. The smallest absolute Gasteiger partial charge is 0.308 e. The number of hydrogen-bond donors (Lipinski definition) is 0. The van der Waals surface area contributed by atoms with Crippen molar-refractivity contribution in [3.05, 3.63) is 0 Å². The molecule has 0 bridgehead atoms. The van der Waals surface area contributed by atoms with Crippen LogP contribution < -0.4 is 0 Å². The zero-order chi connectivity index (χ0) is 14.3. The second-order valence-electron chi connectivity index (χ2n) is 5.54. The van der Waals surface area contributed by atoms with Gasteiger partial charge in [0, 0.05) is 0 Å². The molecule has 0 saturated heterocycles. The Hall–Kier alpha value is -0.530. The standard InChI is InChI=1S/C17H34O2/c1-4-7-9-10-11-12-13-15-19-17(18)16(6-3)14-8-5-2/h16H,4-15H2,1-3H3. The minimum Gasteiger partial charge on any atom is -0.465 e. The molecule has 0 heterocycles. The zero-order valence-electron chi connectivity index (χ0n) is 13.4. The van der Waals surface area contributed by atoms with Crippen LogP contribution >= 0.6 is 0 Å². The fourth-order valence-corrected chi connectivity index (χ4v) is 2.29. The Bertz CT molecular complexity index is 201. The average Bonchev–Trinajstić information content (AvgIpc) is 2.42. The van der Waals surface area contributed by atoms with Gasteiger partial charge in [-0.15, -0.1) is 0 Å². The van der Waals surface area contributed by atoms with Gasteiger partial charge >= 0.3 is 5.97 Å². The molecular formula is C17H34O2. The summed E-state index contributed by atoms with van der Waals surface area (Å²) in [5.74, 6) is 0.159. The molecule has 1 atom stereocenters. The number of esters is 1. The van der Waals surface area contributed by atoms with Gasteiger partial charge in [0.15, 0.2) is 0 Å². The van der Waals surface area contributed by atoms with Gasteiger partial charge in [-0.2, -0.15) is 0 Å². The topological polar surface area (TPSA) is 26.3 Å². The lowest BCUT2D eigenvalue weighted by molar-refractivity contribution is -0.149. The maximum absolute atomic E-state index is 11.8. The lowest BCUT2D eigenvalue weighted by atomic mass is 10.00. The third kappa shape index (κ3) is 11.0. The van der Waals surface area contributed by atoms with Crippen LogP contribution in [0.3, 0.4) is 0 Å². The highest BCUT2D eigenvalue weighted by Crippen LogP contribution is 2.15. The minimum atomic E-state index is 0.0296. The van der Waals surface area contributed by atoms with Crippen molar-refractivity contribution in [3.8, 4) is 0 Å². The van der Waals surface area contributed by atoms with Gasteiger partial charge in [-0.05, 0) is 19.3 Å². The van der Waals surface area contributed by atoms with E-state index in [1.807, 2.05) is 0 Å². The molecule has 0 aliphatic heterocycles. The van der Waals surface area contributed by atoms with Crippen molar-refractivity contribution in [2.24, 2.45) is 5.92 Å². The molecule has 1 unspecified atom stereocenters. The number of rotatable bonds is 13. The normalized spacial score (nSPS) is 12.4. The fraction of sp³-hybridized carbons (Fsp3) is 0.941. The van der Waals surface area contributed by atoms with E-state index in [0.717, 1.165) is 32.1 Å². The molecule has 0 saturated carbocycles. The van der Waals surface area contributed by atoms with Crippen molar-refractivity contribution < 1.29 is 9.53 Å². The quantitative estimate of drug-likeness (QED) is 0.326. The Morgan fingerprint density at radius 2 is 1.42 bits per heavy atom. The molecule has 2 heteroatoms. The van der Waals surface area contributed by atoms with Crippen molar-refractivity contribution in [3.63, 3.8) is 0 Å². The summed E-state index contributed by atoms with van der Waals surface area (Å²) in [7, 11) is 0. The van der Waals surface area contributed by atoms with E-state index >= 15 is 0 Å². The molecule has 0 spiro atoms. The van der Waals surface area contributed by atoms with Crippen molar-refractivity contribution in [2.45, 2.75) is 91.4 Å². The van der Waals surface area contributed by atoms with E-state index in [9.17, 15) is 4.79 Å². The summed E-state index contributed by atoms with van der Waals surface area (Å²) >= 11 is 0. The van der Waals surface area contributed by atoms with E-state index in [0.29, 0.717) is 6.61 Å². The van der Waals surface area contributed by atoms with Crippen molar-refractivity contribution in [1.82, 2.24) is 0 Å². The second kappa shape index (κ2) is 13.9. The summed E-state index contributed by atoms with van der Waals surface area (Å²) in [6.45, 7) is 7.10. The first-order valence-corrected chi connectivity index (χ1v) is 8.42. The number of carbonyl (C=O) groups is 1. The maximum Gasteiger partial charge on any atom is 0.308 e. The average molecular weight is 270 g/mol. The van der Waals surface area contributed by atoms with Crippen LogP contribution in [-0.4, -0.2) is 12.6 Å². The van der Waals surface area contributed by atoms with Crippen LogP contribution in [0.25, 0.3) is 0 Å². The van der Waals surface area contributed by atoms with E-state index in [2.05, 4.69) is 20.8 Å². The van der Waals surface area contributed by atoms with E-state index in [-0.39, 0.29) is 11.9 Å². The van der Waals surface area contributed by atoms with E-state index in [4.69, 9.17) is 4.74 Å². The molecule has 0 amide bonds. The lowest BCUT2D eigenvalue weighted by Crippen LogP contribution is -2.17. The summed E-state index contributed by atoms with van der Waals surface area (Å²) in [6.07, 6.45) is 13.0. The van der Waals surface area contributed by atoms with Crippen LogP contribution in [0.1, 0.15) is 91.4 Å². The molecule has 0 aromatic rings. The third-order valence-corrected chi connectivity index (χ3v) is 3.72. The fourth-order valence-electron chi connectivity index (χ4n) is 2.29. The van der Waals surface area contributed by atoms with Crippen LogP contribution in [-0.2, 0) is 9.53 Å². The van der Waals surface area contributed by atoms with E-state index in [1.165, 1.54) is 38.5 Å². The highest BCUT2D eigenvalue weighted by Gasteiger charge is 2.16. The first-order valence-electron chi connectivity index (χ1n) is 8.42. The summed E-state index contributed by atoms with van der Waals surface area (Å²) in [4.78, 5) is 11.8. The molecular weight excluding hydrogens is 236 g/mol. The number of ether oxygens (including phenoxy) is 1. The molecule has 0 aliphatic rings. The minimum absolute atomic E-state index is 0.0296. The molecule has 114 valence electrons. The number of carbonyl (C=O) groups excluding carboxylic acids is 1. The van der Waals surface area contributed by atoms with Crippen LogP contribution in [0.4, 0.5) is 0 Å². The Labute approximate surface area is 120 Å². The highest BCUT2D eigenvalue weighted by atomic mass is 16.5. The first-order chi connectivity index (χ1) is 9.26. The van der Waals surface area contributed by atoms with Gasteiger partial charge in [0.2, 0.25) is 0 Å². The second-order valence-corrected chi connectivity index (χ2v) is 5.54. The SMILES string of the molecule is CCCCCCCCCOC(=O)C(CC)CCCC. The largest absolute Gasteiger partial charge is 0.465 e. The van der Waals surface area contributed by atoms with Gasteiger partial charge in [0.05, 0.1) is 12.5 Å². The molecule has 0 aromatic carbocycles. The highest BCUT2D eigenvalue weighted by molar-refractivity contribution is 5.72. The predicted molar refractivity (Wildman–Crippen MR) is 82.3 cm³/mol. The van der Waals surface area contributed by atoms with Gasteiger partial charge < -0.3 is 4.74 Å². The molecule has 0 aromatic heterocycles. The molecule has 2 nitrogen and oxygen atoms in total. The molecule has 0 fully saturated rings. The van der Waals surface area contributed by atoms with Gasteiger partial charge in [-0.3, -0.25) is 4.79 Å². The Balaban J connectivity index is 3.45. The van der Waals surface area contributed by atoms with E-state index < -0.39 is 0 Å². The van der Waals surface area contributed by atoms with Crippen LogP contribution in [0.2, 0.25) is 0 Å². The first kappa shape index (κ1) is 18.5.